The monoisotopic (exact) mass is 454 g/mol. The molecule has 0 spiro atoms. The predicted octanol–water partition coefficient (Wildman–Crippen LogP) is 4.82. The van der Waals surface area contributed by atoms with Crippen LogP contribution in [0.2, 0.25) is 0 Å². The molecule has 0 amide bonds. The number of allylic oxidation sites excluding steroid dienone is 4. The number of hydrogen-bond acceptors (Lipinski definition) is 4. The van der Waals surface area contributed by atoms with Crippen LogP contribution in [-0.2, 0) is 0 Å². The molecule has 0 aromatic carbocycles. The van der Waals surface area contributed by atoms with E-state index in [-0.39, 0.29) is 22.7 Å². The number of nitrogens with one attached hydrogen (secondary N) is 1. The Labute approximate surface area is 191 Å². The Kier molecular flexibility index (Phi) is 8.57. The summed E-state index contributed by atoms with van der Waals surface area (Å²) in [7, 11) is 0. The number of aliphatic hydroxyl groups excluding tert-OH is 2. The van der Waals surface area contributed by atoms with E-state index < -0.39 is 12.2 Å². The van der Waals surface area contributed by atoms with Crippen molar-refractivity contribution in [1.29, 1.82) is 0 Å². The van der Waals surface area contributed by atoms with Crippen molar-refractivity contribution in [2.75, 3.05) is 19.6 Å². The summed E-state index contributed by atoms with van der Waals surface area (Å²) in [6.45, 7) is 14.8. The van der Waals surface area contributed by atoms with Gasteiger partial charge in [0.05, 0.1) is 18.8 Å². The Morgan fingerprint density at radius 2 is 1.70 bits per heavy atom. The normalized spacial score (nSPS) is 28.2. The molecule has 3 N–H and O–H groups in total. The van der Waals surface area contributed by atoms with Gasteiger partial charge in [-0.05, 0) is 28.1 Å². The minimum Gasteiger partial charge on any atom is -0.388 e. The highest BCUT2D eigenvalue weighted by Crippen LogP contribution is 2.40. The van der Waals surface area contributed by atoms with Crippen LogP contribution < -0.4 is 5.32 Å². The van der Waals surface area contributed by atoms with Crippen molar-refractivity contribution in [2.24, 2.45) is 27.7 Å². The minimum absolute atomic E-state index is 0.00955. The zero-order chi connectivity index (χ0) is 22.7. The first-order valence-electron chi connectivity index (χ1n) is 10.6. The maximum atomic E-state index is 10.9. The van der Waals surface area contributed by atoms with Crippen LogP contribution in [0.5, 0.6) is 0 Å². The summed E-state index contributed by atoms with van der Waals surface area (Å²) in [6, 6.07) is 0. The topological polar surface area (TPSA) is 64.9 Å². The van der Waals surface area contributed by atoms with E-state index in [9.17, 15) is 10.2 Å². The van der Waals surface area contributed by atoms with Gasteiger partial charge in [0.2, 0.25) is 0 Å². The van der Waals surface area contributed by atoms with Gasteiger partial charge in [0.1, 0.15) is 0 Å². The lowest BCUT2D eigenvalue weighted by atomic mass is 9.69. The van der Waals surface area contributed by atoms with Crippen molar-refractivity contribution in [1.82, 2.24) is 5.32 Å². The lowest BCUT2D eigenvalue weighted by Crippen LogP contribution is -2.36. The van der Waals surface area contributed by atoms with Gasteiger partial charge >= 0.3 is 0 Å². The molecule has 0 saturated heterocycles. The number of aliphatic imine (C=N–C) groups is 1. The second-order valence-corrected chi connectivity index (χ2v) is 11.2. The largest absolute Gasteiger partial charge is 0.388 e. The molecule has 4 unspecified atom stereocenters. The van der Waals surface area contributed by atoms with Crippen LogP contribution in [-0.4, -0.2) is 48.3 Å². The van der Waals surface area contributed by atoms with E-state index >= 15 is 0 Å². The number of nitrogens with zero attached hydrogens (tertiary/aromatic N) is 1. The maximum Gasteiger partial charge on any atom is 0.0971 e. The quantitative estimate of drug-likeness (QED) is 0.398. The average Bonchev–Trinajstić information content (AvgIpc) is 2.60. The van der Waals surface area contributed by atoms with Crippen LogP contribution in [0.3, 0.4) is 0 Å². The second kappa shape index (κ2) is 10.1. The van der Waals surface area contributed by atoms with E-state index in [1.807, 2.05) is 6.08 Å². The average molecular weight is 455 g/mol. The van der Waals surface area contributed by atoms with Crippen LogP contribution in [0.15, 0.2) is 50.5 Å². The van der Waals surface area contributed by atoms with E-state index in [1.165, 1.54) is 5.57 Å². The first-order valence-corrected chi connectivity index (χ1v) is 11.3. The summed E-state index contributed by atoms with van der Waals surface area (Å²) in [4.78, 5) is 4.53. The fourth-order valence-electron chi connectivity index (χ4n) is 3.63. The lowest BCUT2D eigenvalue weighted by Gasteiger charge is -2.38. The highest BCUT2D eigenvalue weighted by Gasteiger charge is 2.35. The number of aliphatic hydroxyl groups is 2. The van der Waals surface area contributed by atoms with E-state index in [2.05, 4.69) is 64.0 Å². The molecular formula is C24H36Cl2N2O2. The molecular weight excluding hydrogens is 419 g/mol. The van der Waals surface area contributed by atoms with Gasteiger partial charge in [-0.1, -0.05) is 83.0 Å². The molecule has 2 rings (SSSR count). The molecule has 0 aromatic heterocycles. The van der Waals surface area contributed by atoms with Crippen LogP contribution in [0.25, 0.3) is 0 Å². The number of halogens is 2. The zero-order valence-electron chi connectivity index (χ0n) is 18.9. The summed E-state index contributed by atoms with van der Waals surface area (Å²) < 4.78 is 0. The van der Waals surface area contributed by atoms with Crippen LogP contribution in [0, 0.1) is 22.7 Å². The molecule has 0 aromatic rings. The molecule has 2 aliphatic rings. The number of rotatable bonds is 6. The van der Waals surface area contributed by atoms with Gasteiger partial charge in [0.25, 0.3) is 0 Å². The van der Waals surface area contributed by atoms with E-state index in [0.29, 0.717) is 29.7 Å². The Bertz CT molecular complexity index is 767. The van der Waals surface area contributed by atoms with Crippen molar-refractivity contribution >= 4 is 29.4 Å². The van der Waals surface area contributed by atoms with Crippen molar-refractivity contribution < 1.29 is 10.2 Å². The molecule has 0 heterocycles. The Hall–Kier alpha value is -0.910. The van der Waals surface area contributed by atoms with Crippen molar-refractivity contribution in [3.05, 3.63) is 45.5 Å². The van der Waals surface area contributed by atoms with Gasteiger partial charge < -0.3 is 15.5 Å². The van der Waals surface area contributed by atoms with E-state index in [0.717, 1.165) is 5.57 Å². The molecule has 0 fully saturated rings. The summed E-state index contributed by atoms with van der Waals surface area (Å²) in [5.41, 5.74) is 2.05. The van der Waals surface area contributed by atoms with Gasteiger partial charge in [-0.2, -0.15) is 0 Å². The maximum absolute atomic E-state index is 10.9. The molecule has 0 radical (unpaired) electrons. The van der Waals surface area contributed by atoms with Gasteiger partial charge in [-0.3, -0.25) is 4.99 Å². The first kappa shape index (κ1) is 25.4. The molecule has 4 atom stereocenters. The fraction of sp³-hybridized carbons (Fsp3) is 0.625. The minimum atomic E-state index is -0.732. The van der Waals surface area contributed by atoms with Gasteiger partial charge in [-0.25, -0.2) is 0 Å². The third-order valence-corrected chi connectivity index (χ3v) is 6.17. The van der Waals surface area contributed by atoms with E-state index in [1.54, 1.807) is 12.3 Å². The smallest absolute Gasteiger partial charge is 0.0971 e. The molecule has 2 aliphatic carbocycles. The Balaban J connectivity index is 1.94. The summed E-state index contributed by atoms with van der Waals surface area (Å²) in [6.07, 6.45) is 8.18. The fourth-order valence-corrected chi connectivity index (χ4v) is 4.24. The SMILES string of the molecule is CC(C)(C)C1=CC(C(C)(C)C)C(O)C(/C=N/CCNCC2C=C(Cl)C=C(Cl)C2O)=C1. The molecule has 0 bridgehead atoms. The third-order valence-electron chi connectivity index (χ3n) is 5.60. The predicted molar refractivity (Wildman–Crippen MR) is 128 cm³/mol. The van der Waals surface area contributed by atoms with Gasteiger partial charge in [-0.15, -0.1) is 0 Å². The highest BCUT2D eigenvalue weighted by atomic mass is 35.5. The van der Waals surface area contributed by atoms with Crippen LogP contribution in [0.4, 0.5) is 0 Å². The molecule has 6 heteroatoms. The molecule has 168 valence electrons. The summed E-state index contributed by atoms with van der Waals surface area (Å²) >= 11 is 12.0. The highest BCUT2D eigenvalue weighted by molar-refractivity contribution is 6.35. The summed E-state index contributed by atoms with van der Waals surface area (Å²) in [5.74, 6) is -0.118. The van der Waals surface area contributed by atoms with Crippen molar-refractivity contribution in [2.45, 2.75) is 53.8 Å². The standard InChI is InChI=1S/C24H36Cl2N2O2/c1-23(2,3)17-9-15(21(29)19(11-17)24(4,5)6)13-27-7-8-28-14-16-10-18(25)12-20(26)22(16)30/h9-13,16,19,21-22,28-30H,7-8,14H2,1-6H3/b27-13+. The van der Waals surface area contributed by atoms with Gasteiger partial charge in [0, 0.05) is 41.2 Å². The van der Waals surface area contributed by atoms with Gasteiger partial charge in [0.15, 0.2) is 0 Å². The number of hydrogen-bond donors (Lipinski definition) is 3. The molecule has 30 heavy (non-hydrogen) atoms. The lowest BCUT2D eigenvalue weighted by molar-refractivity contribution is 0.100. The summed E-state index contributed by atoms with van der Waals surface area (Å²) in [5, 5.41) is 25.2. The molecule has 4 nitrogen and oxygen atoms in total. The first-order chi connectivity index (χ1) is 13.8. The zero-order valence-corrected chi connectivity index (χ0v) is 20.4. The van der Waals surface area contributed by atoms with E-state index in [4.69, 9.17) is 23.2 Å². The van der Waals surface area contributed by atoms with Crippen LogP contribution in [0.1, 0.15) is 41.5 Å². The Morgan fingerprint density at radius 1 is 1.03 bits per heavy atom. The third kappa shape index (κ3) is 6.80. The molecule has 0 aliphatic heterocycles. The van der Waals surface area contributed by atoms with Crippen molar-refractivity contribution in [3.63, 3.8) is 0 Å². The second-order valence-electron chi connectivity index (χ2n) is 10.3. The van der Waals surface area contributed by atoms with Crippen molar-refractivity contribution in [3.8, 4) is 0 Å². The Morgan fingerprint density at radius 3 is 2.30 bits per heavy atom. The van der Waals surface area contributed by atoms with Crippen LogP contribution >= 0.6 is 23.2 Å². The molecule has 0 saturated carbocycles.